The predicted octanol–water partition coefficient (Wildman–Crippen LogP) is 11.9. The highest BCUT2D eigenvalue weighted by Crippen LogP contribution is 2.51. The van der Waals surface area contributed by atoms with E-state index < -0.39 is 0 Å². The third-order valence-corrected chi connectivity index (χ3v) is 12.7. The maximum Gasteiger partial charge on any atom is 0.155 e. The first kappa shape index (κ1) is 32.4. The standard InChI is InChI=1S/C51H44N4/c1-33-29-37(36-25-28-48-42(30-36)40-21-11-13-23-46(40)54(48)38-19-9-4-10-20-38)31-43-41-22-12-14-24-47(41)55(50(33)43)39-26-27-45-44(32-39)49(34-15-5-2-6-16-34)53-51(52-45)35-17-7-3-8-18-35/h2-5,7-15,17-23,25,28,30-33,44-45,47H,6,16,24,26-27,29H2,1H3/t33?,44-,45?,47?/m0/s1. The van der Waals surface area contributed by atoms with Crippen LogP contribution < -0.4 is 0 Å². The molecule has 55 heavy (non-hydrogen) atoms. The van der Waals surface area contributed by atoms with E-state index in [9.17, 15) is 0 Å². The van der Waals surface area contributed by atoms with Crippen LogP contribution in [0.4, 0.5) is 0 Å². The van der Waals surface area contributed by atoms with Gasteiger partial charge in [0.1, 0.15) is 0 Å². The lowest BCUT2D eigenvalue weighted by molar-refractivity contribution is 0.309. The molecule has 4 atom stereocenters. The Morgan fingerprint density at radius 1 is 0.727 bits per heavy atom. The Morgan fingerprint density at radius 3 is 2.38 bits per heavy atom. The smallest absolute Gasteiger partial charge is 0.155 e. The Balaban J connectivity index is 0.998. The lowest BCUT2D eigenvalue weighted by Crippen LogP contribution is -2.39. The first-order valence-corrected chi connectivity index (χ1v) is 20.2. The Hall–Kier alpha value is -6.00. The van der Waals surface area contributed by atoms with Gasteiger partial charge in [-0.25, -0.2) is 4.99 Å². The van der Waals surface area contributed by atoms with Gasteiger partial charge in [0.2, 0.25) is 0 Å². The molecule has 6 aliphatic rings. The number of allylic oxidation sites excluding steroid dienone is 10. The molecule has 0 radical (unpaired) electrons. The zero-order valence-electron chi connectivity index (χ0n) is 31.3. The zero-order chi connectivity index (χ0) is 36.5. The number of rotatable bonds is 5. The van der Waals surface area contributed by atoms with Gasteiger partial charge in [0, 0.05) is 45.3 Å². The Bertz CT molecular complexity index is 2670. The summed E-state index contributed by atoms with van der Waals surface area (Å²) in [5.41, 5.74) is 16.0. The SMILES string of the molecule is CC1CC(c2ccc3c(c2)c2ccccc2n3-c2ccccc2)=CC2=C1N(C1=C[C@@H]3C(C4=CC=CCC4)=NC(c4ccccc4)=NC3CC1)C1CC=CC=C21. The van der Waals surface area contributed by atoms with Gasteiger partial charge in [0.15, 0.2) is 5.84 Å². The van der Waals surface area contributed by atoms with Crippen molar-refractivity contribution >= 4 is 38.9 Å². The summed E-state index contributed by atoms with van der Waals surface area (Å²) in [5, 5.41) is 2.61. The topological polar surface area (TPSA) is 32.9 Å². The van der Waals surface area contributed by atoms with Crippen LogP contribution in [0, 0.1) is 11.8 Å². The number of para-hydroxylation sites is 2. The Kier molecular flexibility index (Phi) is 7.72. The second-order valence-corrected chi connectivity index (χ2v) is 15.9. The van der Waals surface area contributed by atoms with Crippen molar-refractivity contribution in [3.05, 3.63) is 191 Å². The van der Waals surface area contributed by atoms with Gasteiger partial charge < -0.3 is 9.47 Å². The van der Waals surface area contributed by atoms with Crippen molar-refractivity contribution < 1.29 is 0 Å². The summed E-state index contributed by atoms with van der Waals surface area (Å²) in [6.45, 7) is 2.45. The summed E-state index contributed by atoms with van der Waals surface area (Å²) in [5.74, 6) is 1.45. The van der Waals surface area contributed by atoms with E-state index in [0.717, 1.165) is 49.9 Å². The minimum absolute atomic E-state index is 0.180. The van der Waals surface area contributed by atoms with Gasteiger partial charge in [-0.1, -0.05) is 122 Å². The lowest BCUT2D eigenvalue weighted by atomic mass is 9.79. The zero-order valence-corrected chi connectivity index (χ0v) is 31.3. The number of fused-ring (bicyclic) bond motifs is 6. The monoisotopic (exact) mass is 712 g/mol. The molecule has 0 fully saturated rings. The molecule has 0 saturated heterocycles. The van der Waals surface area contributed by atoms with Crippen molar-refractivity contribution in [3.63, 3.8) is 0 Å². The molecule has 3 unspecified atom stereocenters. The van der Waals surface area contributed by atoms with Crippen LogP contribution in [0.5, 0.6) is 0 Å². The highest BCUT2D eigenvalue weighted by Gasteiger charge is 2.43. The molecule has 4 aliphatic carbocycles. The van der Waals surface area contributed by atoms with Crippen LogP contribution in [0.1, 0.15) is 56.6 Å². The molecule has 268 valence electrons. The summed E-state index contributed by atoms with van der Waals surface area (Å²) >= 11 is 0. The first-order valence-electron chi connectivity index (χ1n) is 20.2. The van der Waals surface area contributed by atoms with Crippen molar-refractivity contribution in [2.45, 2.75) is 57.5 Å². The van der Waals surface area contributed by atoms with Crippen LogP contribution >= 0.6 is 0 Å². The Labute approximate surface area is 323 Å². The quantitative estimate of drug-likeness (QED) is 0.179. The molecule has 3 heterocycles. The van der Waals surface area contributed by atoms with E-state index in [1.165, 1.54) is 72.5 Å². The van der Waals surface area contributed by atoms with Gasteiger partial charge in [-0.05, 0) is 103 Å². The number of hydrogen-bond donors (Lipinski definition) is 0. The third-order valence-electron chi connectivity index (χ3n) is 12.7. The second kappa shape index (κ2) is 13.1. The predicted molar refractivity (Wildman–Crippen MR) is 228 cm³/mol. The molecular formula is C51H44N4. The fourth-order valence-electron chi connectivity index (χ4n) is 10.2. The number of aromatic nitrogens is 1. The highest BCUT2D eigenvalue weighted by atomic mass is 15.2. The summed E-state index contributed by atoms with van der Waals surface area (Å²) in [7, 11) is 0. The van der Waals surface area contributed by atoms with Crippen LogP contribution in [0.3, 0.4) is 0 Å². The number of benzene rings is 4. The summed E-state index contributed by atoms with van der Waals surface area (Å²) in [4.78, 5) is 13.5. The van der Waals surface area contributed by atoms with E-state index in [2.05, 4.69) is 168 Å². The summed E-state index contributed by atoms with van der Waals surface area (Å²) in [6.07, 6.45) is 25.1. The van der Waals surface area contributed by atoms with E-state index in [0.29, 0.717) is 12.0 Å². The van der Waals surface area contributed by atoms with Gasteiger partial charge in [-0.2, -0.15) is 0 Å². The average Bonchev–Trinajstić information content (AvgIpc) is 3.77. The highest BCUT2D eigenvalue weighted by molar-refractivity contribution is 6.15. The number of aliphatic imine (C=N–C) groups is 2. The molecule has 0 N–H and O–H groups in total. The van der Waals surface area contributed by atoms with Crippen LogP contribution in [0.25, 0.3) is 33.1 Å². The van der Waals surface area contributed by atoms with Crippen molar-refractivity contribution in [2.24, 2.45) is 21.8 Å². The minimum atomic E-state index is 0.180. The molecular weight excluding hydrogens is 669 g/mol. The van der Waals surface area contributed by atoms with E-state index in [4.69, 9.17) is 9.98 Å². The number of nitrogens with zero attached hydrogens (tertiary/aromatic N) is 4. The van der Waals surface area contributed by atoms with Crippen LogP contribution in [0.15, 0.2) is 190 Å². The fraction of sp³-hybridized carbons (Fsp3) is 0.216. The number of hydrogen-bond acceptors (Lipinski definition) is 3. The molecule has 5 aromatic rings. The van der Waals surface area contributed by atoms with Crippen LogP contribution in [0.2, 0.25) is 0 Å². The molecule has 4 aromatic carbocycles. The van der Waals surface area contributed by atoms with Crippen molar-refractivity contribution in [3.8, 4) is 5.69 Å². The maximum absolute atomic E-state index is 5.36. The molecule has 1 aromatic heterocycles. The van der Waals surface area contributed by atoms with E-state index in [1.54, 1.807) is 0 Å². The molecule has 4 nitrogen and oxygen atoms in total. The Morgan fingerprint density at radius 2 is 1.53 bits per heavy atom. The van der Waals surface area contributed by atoms with Gasteiger partial charge in [0.05, 0.1) is 28.8 Å². The van der Waals surface area contributed by atoms with Crippen LogP contribution in [-0.4, -0.2) is 33.1 Å². The van der Waals surface area contributed by atoms with E-state index >= 15 is 0 Å². The lowest BCUT2D eigenvalue weighted by Gasteiger charge is -2.40. The second-order valence-electron chi connectivity index (χ2n) is 15.9. The van der Waals surface area contributed by atoms with Gasteiger partial charge in [0.25, 0.3) is 0 Å². The maximum atomic E-state index is 5.36. The molecule has 2 aliphatic heterocycles. The van der Waals surface area contributed by atoms with E-state index in [1.807, 2.05) is 0 Å². The van der Waals surface area contributed by atoms with Gasteiger partial charge in [-0.3, -0.25) is 4.99 Å². The summed E-state index contributed by atoms with van der Waals surface area (Å²) < 4.78 is 2.41. The molecule has 0 bridgehead atoms. The fourth-order valence-corrected chi connectivity index (χ4v) is 10.2. The normalized spacial score (nSPS) is 24.4. The largest absolute Gasteiger partial charge is 0.340 e. The molecule has 0 spiro atoms. The molecule has 0 saturated carbocycles. The van der Waals surface area contributed by atoms with Crippen LogP contribution in [-0.2, 0) is 0 Å². The molecule has 0 amide bonds. The van der Waals surface area contributed by atoms with Gasteiger partial charge >= 0.3 is 0 Å². The molecule has 11 rings (SSSR count). The van der Waals surface area contributed by atoms with Crippen molar-refractivity contribution in [2.75, 3.05) is 0 Å². The minimum Gasteiger partial charge on any atom is -0.340 e. The van der Waals surface area contributed by atoms with Crippen molar-refractivity contribution in [1.29, 1.82) is 0 Å². The average molecular weight is 713 g/mol. The molecule has 4 heteroatoms. The summed E-state index contributed by atoms with van der Waals surface area (Å²) in [6, 6.07) is 37.8. The third kappa shape index (κ3) is 5.33. The number of amidine groups is 1. The van der Waals surface area contributed by atoms with Gasteiger partial charge in [-0.15, -0.1) is 0 Å². The van der Waals surface area contributed by atoms with E-state index in [-0.39, 0.29) is 12.0 Å². The first-order chi connectivity index (χ1) is 27.2. The van der Waals surface area contributed by atoms with Crippen molar-refractivity contribution in [1.82, 2.24) is 9.47 Å².